The first kappa shape index (κ1) is 24.7. The quantitative estimate of drug-likeness (QED) is 0.280. The number of hydrogen-bond acceptors (Lipinski definition) is 8. The molecule has 4 rings (SSSR count). The predicted molar refractivity (Wildman–Crippen MR) is 126 cm³/mol. The van der Waals surface area contributed by atoms with Gasteiger partial charge in [-0.2, -0.15) is 4.52 Å². The van der Waals surface area contributed by atoms with Gasteiger partial charge in [-0.3, -0.25) is 0 Å². The molecule has 0 atom stereocenters. The van der Waals surface area contributed by atoms with Crippen LogP contribution in [0.25, 0.3) is 5.65 Å². The van der Waals surface area contributed by atoms with Crippen LogP contribution in [0.5, 0.6) is 0 Å². The number of nitrogens with one attached hydrogen (secondary N) is 2. The van der Waals surface area contributed by atoms with Gasteiger partial charge in [0, 0.05) is 19.5 Å². The summed E-state index contributed by atoms with van der Waals surface area (Å²) in [5, 5.41) is 20.9. The van der Waals surface area contributed by atoms with E-state index in [2.05, 4.69) is 25.3 Å². The molecular formula is C21H22FN7O4S2. The summed E-state index contributed by atoms with van der Waals surface area (Å²) in [5.74, 6) is 0.505. The molecule has 4 N–H and O–H groups in total. The van der Waals surface area contributed by atoms with Crippen LogP contribution < -0.4 is 15.2 Å². The smallest absolute Gasteiger partial charge is 0.240 e. The lowest BCUT2D eigenvalue weighted by atomic mass is 10.1. The molecule has 0 saturated heterocycles. The third-order valence-electron chi connectivity index (χ3n) is 5.06. The number of aromatic nitrogens is 4. The molecule has 0 bridgehead atoms. The molecule has 4 aromatic rings. The fourth-order valence-corrected chi connectivity index (χ4v) is 4.81. The fourth-order valence-electron chi connectivity index (χ4n) is 3.26. The van der Waals surface area contributed by atoms with E-state index in [9.17, 15) is 21.2 Å². The van der Waals surface area contributed by atoms with E-state index in [1.807, 2.05) is 0 Å². The summed E-state index contributed by atoms with van der Waals surface area (Å²) in [5.41, 5.74) is 1.43. The molecule has 35 heavy (non-hydrogen) atoms. The average Bonchev–Trinajstić information content (AvgIpc) is 3.21. The van der Waals surface area contributed by atoms with Crippen LogP contribution in [0.2, 0.25) is 0 Å². The summed E-state index contributed by atoms with van der Waals surface area (Å²) in [4.78, 5) is 0.0234. The first-order valence-corrected chi connectivity index (χ1v) is 13.5. The van der Waals surface area contributed by atoms with Gasteiger partial charge in [-0.15, -0.1) is 15.3 Å². The number of nitrogens with zero attached hydrogens (tertiary/aromatic N) is 4. The molecule has 2 aromatic carbocycles. The number of hydrogen-bond donors (Lipinski definition) is 3. The monoisotopic (exact) mass is 519 g/mol. The van der Waals surface area contributed by atoms with Crippen LogP contribution in [0, 0.1) is 5.82 Å². The van der Waals surface area contributed by atoms with Crippen LogP contribution in [0.3, 0.4) is 0 Å². The Morgan fingerprint density at radius 3 is 2.20 bits per heavy atom. The van der Waals surface area contributed by atoms with Crippen molar-refractivity contribution in [1.82, 2.24) is 24.5 Å². The summed E-state index contributed by atoms with van der Waals surface area (Å²) in [6.07, 6.45) is 0.846. The van der Waals surface area contributed by atoms with E-state index in [0.29, 0.717) is 30.3 Å². The maximum atomic E-state index is 13.0. The lowest BCUT2D eigenvalue weighted by Crippen LogP contribution is -2.26. The molecule has 0 aliphatic rings. The molecule has 11 nitrogen and oxygen atoms in total. The molecule has 0 saturated carbocycles. The molecule has 0 aliphatic carbocycles. The van der Waals surface area contributed by atoms with Gasteiger partial charge in [0.1, 0.15) is 11.6 Å². The van der Waals surface area contributed by atoms with Crippen LogP contribution in [0.15, 0.2) is 70.5 Å². The van der Waals surface area contributed by atoms with E-state index >= 15 is 0 Å². The number of rotatable bonds is 10. The van der Waals surface area contributed by atoms with Gasteiger partial charge in [0.15, 0.2) is 11.5 Å². The van der Waals surface area contributed by atoms with E-state index in [4.69, 9.17) is 5.14 Å². The largest absolute Gasteiger partial charge is 0.368 e. The van der Waals surface area contributed by atoms with Crippen molar-refractivity contribution in [2.45, 2.75) is 22.6 Å². The second-order valence-corrected chi connectivity index (χ2v) is 10.9. The van der Waals surface area contributed by atoms with E-state index in [-0.39, 0.29) is 22.8 Å². The normalized spacial score (nSPS) is 12.2. The van der Waals surface area contributed by atoms with Crippen molar-refractivity contribution in [3.8, 4) is 0 Å². The standard InChI is InChI=1S/C21H22FN7O4S2/c22-16-3-7-18(8-4-16)35(32,33)25-14-12-21-27-26-20-10-9-19(28-29(20)21)24-13-11-15-1-5-17(6-2-15)34(23,30)31/h1-10,25H,11-14H2,(H,24,28)(H2,23,30,31). The lowest BCUT2D eigenvalue weighted by Gasteiger charge is -2.08. The van der Waals surface area contributed by atoms with Crippen LogP contribution in [0.1, 0.15) is 11.4 Å². The van der Waals surface area contributed by atoms with Crippen LogP contribution in [-0.4, -0.2) is 49.7 Å². The van der Waals surface area contributed by atoms with E-state index in [0.717, 1.165) is 17.7 Å². The summed E-state index contributed by atoms with van der Waals surface area (Å²) >= 11 is 0. The minimum atomic E-state index is -3.79. The van der Waals surface area contributed by atoms with Crippen molar-refractivity contribution in [2.75, 3.05) is 18.4 Å². The van der Waals surface area contributed by atoms with Gasteiger partial charge in [-0.05, 0) is 60.5 Å². The minimum absolute atomic E-state index is 0.0334. The number of fused-ring (bicyclic) bond motifs is 1. The first-order valence-electron chi connectivity index (χ1n) is 10.4. The third kappa shape index (κ3) is 6.16. The predicted octanol–water partition coefficient (Wildman–Crippen LogP) is 1.09. The second-order valence-electron chi connectivity index (χ2n) is 7.57. The minimum Gasteiger partial charge on any atom is -0.368 e. The zero-order valence-electron chi connectivity index (χ0n) is 18.3. The Morgan fingerprint density at radius 1 is 0.829 bits per heavy atom. The first-order chi connectivity index (χ1) is 16.6. The second kappa shape index (κ2) is 10.0. The molecule has 2 heterocycles. The number of primary sulfonamides is 1. The Morgan fingerprint density at radius 2 is 1.51 bits per heavy atom. The fraction of sp³-hybridized carbons (Fsp3) is 0.190. The number of halogens is 1. The lowest BCUT2D eigenvalue weighted by molar-refractivity contribution is 0.579. The van der Waals surface area contributed by atoms with E-state index < -0.39 is 25.9 Å². The Kier molecular flexibility index (Phi) is 7.07. The molecule has 184 valence electrons. The van der Waals surface area contributed by atoms with Gasteiger partial charge < -0.3 is 5.32 Å². The van der Waals surface area contributed by atoms with E-state index in [1.165, 1.54) is 28.8 Å². The molecule has 14 heteroatoms. The highest BCUT2D eigenvalue weighted by Crippen LogP contribution is 2.12. The van der Waals surface area contributed by atoms with E-state index in [1.54, 1.807) is 24.3 Å². The third-order valence-corrected chi connectivity index (χ3v) is 7.47. The number of sulfonamides is 2. The Bertz CT molecular complexity index is 1540. The Balaban J connectivity index is 1.35. The van der Waals surface area contributed by atoms with Crippen LogP contribution in [-0.2, 0) is 32.9 Å². The summed E-state index contributed by atoms with van der Waals surface area (Å²) < 4.78 is 64.4. The summed E-state index contributed by atoms with van der Waals surface area (Å²) in [6.45, 7) is 0.580. The van der Waals surface area contributed by atoms with Crippen molar-refractivity contribution >= 4 is 31.5 Å². The van der Waals surface area contributed by atoms with Crippen LogP contribution in [0.4, 0.5) is 10.2 Å². The molecule has 0 spiro atoms. The van der Waals surface area contributed by atoms with Crippen molar-refractivity contribution in [3.63, 3.8) is 0 Å². The van der Waals surface area contributed by atoms with Crippen LogP contribution >= 0.6 is 0 Å². The molecule has 0 radical (unpaired) electrons. The van der Waals surface area contributed by atoms with Gasteiger partial charge in [0.2, 0.25) is 20.0 Å². The molecule has 0 fully saturated rings. The molecule has 0 aliphatic heterocycles. The Labute approximate surface area is 201 Å². The average molecular weight is 520 g/mol. The molecule has 0 unspecified atom stereocenters. The van der Waals surface area contributed by atoms with Crippen molar-refractivity contribution in [1.29, 1.82) is 0 Å². The van der Waals surface area contributed by atoms with Crippen molar-refractivity contribution in [2.24, 2.45) is 5.14 Å². The zero-order valence-corrected chi connectivity index (χ0v) is 19.9. The highest BCUT2D eigenvalue weighted by atomic mass is 32.2. The topological polar surface area (TPSA) is 161 Å². The van der Waals surface area contributed by atoms with Gasteiger partial charge >= 0.3 is 0 Å². The maximum Gasteiger partial charge on any atom is 0.240 e. The van der Waals surface area contributed by atoms with Crippen molar-refractivity contribution < 1.29 is 21.2 Å². The Hall–Kier alpha value is -3.46. The number of anilines is 1. The SMILES string of the molecule is NS(=O)(=O)c1ccc(CCNc2ccc3nnc(CCNS(=O)(=O)c4ccc(F)cc4)n3n2)cc1. The number of benzene rings is 2. The van der Waals surface area contributed by atoms with Gasteiger partial charge in [-0.25, -0.2) is 31.1 Å². The highest BCUT2D eigenvalue weighted by Gasteiger charge is 2.15. The molecule has 0 amide bonds. The number of nitrogens with two attached hydrogens (primary N) is 1. The molecular weight excluding hydrogens is 497 g/mol. The zero-order chi connectivity index (χ0) is 25.1. The highest BCUT2D eigenvalue weighted by molar-refractivity contribution is 7.89. The van der Waals surface area contributed by atoms with Crippen molar-refractivity contribution in [3.05, 3.63) is 77.9 Å². The summed E-state index contributed by atoms with van der Waals surface area (Å²) in [7, 11) is -7.51. The van der Waals surface area contributed by atoms with Gasteiger partial charge in [0.25, 0.3) is 0 Å². The van der Waals surface area contributed by atoms with Gasteiger partial charge in [0.05, 0.1) is 9.79 Å². The van der Waals surface area contributed by atoms with Gasteiger partial charge in [-0.1, -0.05) is 12.1 Å². The molecule has 2 aromatic heterocycles. The maximum absolute atomic E-state index is 13.0. The summed E-state index contributed by atoms with van der Waals surface area (Å²) in [6, 6.07) is 14.3.